The van der Waals surface area contributed by atoms with Crippen molar-refractivity contribution in [2.45, 2.75) is 39.5 Å². The van der Waals surface area contributed by atoms with E-state index in [-0.39, 0.29) is 17.1 Å². The Hall–Kier alpha value is -1.02. The molecule has 0 aromatic heterocycles. The molecule has 0 radical (unpaired) electrons. The van der Waals surface area contributed by atoms with Gasteiger partial charge in [-0.15, -0.1) is 0 Å². The van der Waals surface area contributed by atoms with E-state index in [0.717, 1.165) is 37.0 Å². The van der Waals surface area contributed by atoms with Crippen LogP contribution in [0.2, 0.25) is 5.02 Å². The third kappa shape index (κ3) is 2.16. The molecule has 1 aromatic rings. The first-order valence-corrected chi connectivity index (χ1v) is 7.36. The molecule has 1 aliphatic carbocycles. The van der Waals surface area contributed by atoms with Crippen LogP contribution in [-0.2, 0) is 6.42 Å². The summed E-state index contributed by atoms with van der Waals surface area (Å²) in [5, 5.41) is 0.642. The lowest BCUT2D eigenvalue weighted by atomic mass is 9.77. The molecule has 0 amide bonds. The molecule has 3 heteroatoms. The molecule has 2 aliphatic rings. The summed E-state index contributed by atoms with van der Waals surface area (Å²) in [6, 6.07) is 3.70. The van der Waals surface area contributed by atoms with Crippen LogP contribution in [0.15, 0.2) is 12.1 Å². The van der Waals surface area contributed by atoms with Gasteiger partial charge in [-0.25, -0.2) is 0 Å². The van der Waals surface area contributed by atoms with Crippen molar-refractivity contribution in [1.82, 2.24) is 0 Å². The maximum Gasteiger partial charge on any atom is 0.170 e. The maximum atomic E-state index is 12.8. The Labute approximate surface area is 119 Å². The van der Waals surface area contributed by atoms with Crippen LogP contribution < -0.4 is 4.74 Å². The van der Waals surface area contributed by atoms with E-state index in [9.17, 15) is 4.79 Å². The fourth-order valence-electron chi connectivity index (χ4n) is 3.45. The average Bonchev–Trinajstić information content (AvgIpc) is 2.92. The smallest absolute Gasteiger partial charge is 0.170 e. The fourth-order valence-corrected chi connectivity index (χ4v) is 3.69. The number of carbonyl (C=O) groups excluding carboxylic acids is 1. The lowest BCUT2D eigenvalue weighted by Crippen LogP contribution is -2.26. The van der Waals surface area contributed by atoms with Gasteiger partial charge in [-0.1, -0.05) is 31.9 Å². The van der Waals surface area contributed by atoms with Crippen molar-refractivity contribution in [3.8, 4) is 5.75 Å². The Balaban J connectivity index is 2.01. The van der Waals surface area contributed by atoms with Crippen LogP contribution in [0.25, 0.3) is 0 Å². The first-order chi connectivity index (χ1) is 8.99. The van der Waals surface area contributed by atoms with Gasteiger partial charge >= 0.3 is 0 Å². The van der Waals surface area contributed by atoms with Gasteiger partial charge in [-0.05, 0) is 36.0 Å². The summed E-state index contributed by atoms with van der Waals surface area (Å²) in [4.78, 5) is 12.8. The molecular weight excluding hydrogens is 260 g/mol. The number of ketones is 1. The van der Waals surface area contributed by atoms with Crippen LogP contribution >= 0.6 is 11.6 Å². The molecule has 1 fully saturated rings. The Bertz CT molecular complexity index is 534. The van der Waals surface area contributed by atoms with Crippen molar-refractivity contribution in [2.24, 2.45) is 11.3 Å². The zero-order chi connectivity index (χ0) is 13.6. The van der Waals surface area contributed by atoms with Gasteiger partial charge in [-0.3, -0.25) is 4.79 Å². The number of fused-ring (bicyclic) bond motifs is 1. The van der Waals surface area contributed by atoms with Gasteiger partial charge < -0.3 is 4.74 Å². The number of benzene rings is 1. The summed E-state index contributed by atoms with van der Waals surface area (Å²) < 4.78 is 5.65. The number of ether oxygens (including phenoxy) is 1. The summed E-state index contributed by atoms with van der Waals surface area (Å²) in [6.45, 7) is 5.03. The molecule has 0 spiro atoms. The van der Waals surface area contributed by atoms with E-state index in [1.807, 2.05) is 6.07 Å². The summed E-state index contributed by atoms with van der Waals surface area (Å²) in [5.41, 5.74) is 1.86. The first kappa shape index (κ1) is 13.0. The van der Waals surface area contributed by atoms with Gasteiger partial charge in [0.2, 0.25) is 0 Å². The molecule has 1 unspecified atom stereocenters. The lowest BCUT2D eigenvalue weighted by molar-refractivity contribution is 0.0836. The number of rotatable bonds is 2. The third-order valence-electron chi connectivity index (χ3n) is 4.59. The van der Waals surface area contributed by atoms with Gasteiger partial charge in [-0.2, -0.15) is 0 Å². The van der Waals surface area contributed by atoms with Crippen LogP contribution in [-0.4, -0.2) is 12.4 Å². The second-order valence-electron chi connectivity index (χ2n) is 6.34. The highest BCUT2D eigenvalue weighted by Crippen LogP contribution is 2.46. The van der Waals surface area contributed by atoms with Gasteiger partial charge in [0, 0.05) is 17.4 Å². The van der Waals surface area contributed by atoms with E-state index in [4.69, 9.17) is 16.3 Å². The lowest BCUT2D eigenvalue weighted by Gasteiger charge is -2.26. The highest BCUT2D eigenvalue weighted by Gasteiger charge is 2.40. The number of Topliss-reactive ketones (excluding diaryl/α,β-unsaturated/α-hetero) is 1. The van der Waals surface area contributed by atoms with Gasteiger partial charge in [0.1, 0.15) is 5.75 Å². The molecule has 1 heterocycles. The number of hydrogen-bond acceptors (Lipinski definition) is 2. The van der Waals surface area contributed by atoms with E-state index in [0.29, 0.717) is 17.2 Å². The number of halogens is 1. The fraction of sp³-hybridized carbons (Fsp3) is 0.562. The average molecular weight is 279 g/mol. The van der Waals surface area contributed by atoms with Crippen molar-refractivity contribution < 1.29 is 9.53 Å². The maximum absolute atomic E-state index is 12.8. The monoisotopic (exact) mass is 278 g/mol. The molecule has 1 atom stereocenters. The van der Waals surface area contributed by atoms with Gasteiger partial charge in [0.05, 0.1) is 12.2 Å². The zero-order valence-electron chi connectivity index (χ0n) is 11.5. The van der Waals surface area contributed by atoms with Crippen molar-refractivity contribution in [1.29, 1.82) is 0 Å². The minimum atomic E-state index is 0.0882. The Morgan fingerprint density at radius 3 is 2.89 bits per heavy atom. The van der Waals surface area contributed by atoms with Crippen molar-refractivity contribution >= 4 is 17.4 Å². The highest BCUT2D eigenvalue weighted by molar-refractivity contribution is 6.31. The quantitative estimate of drug-likeness (QED) is 0.755. The highest BCUT2D eigenvalue weighted by atomic mass is 35.5. The molecule has 2 nitrogen and oxygen atoms in total. The molecule has 0 bridgehead atoms. The molecule has 1 aromatic carbocycles. The molecule has 102 valence electrons. The molecule has 19 heavy (non-hydrogen) atoms. The summed E-state index contributed by atoms with van der Waals surface area (Å²) in [5.74, 6) is 1.08. The molecular formula is C16H19ClO2. The predicted octanol–water partition coefficient (Wildman–Crippen LogP) is 4.28. The minimum absolute atomic E-state index is 0.0882. The zero-order valence-corrected chi connectivity index (χ0v) is 12.2. The Morgan fingerprint density at radius 2 is 2.21 bits per heavy atom. The summed E-state index contributed by atoms with van der Waals surface area (Å²) in [6.07, 6.45) is 4.08. The van der Waals surface area contributed by atoms with Crippen LogP contribution in [0.1, 0.15) is 49.0 Å². The standard InChI is InChI=1S/C16H19ClO2/c1-16(2)6-3-4-13(16)14(18)12-9-11(17)8-10-5-7-19-15(10)12/h8-9,13H,3-7H2,1-2H3. The van der Waals surface area contributed by atoms with Crippen molar-refractivity contribution in [3.63, 3.8) is 0 Å². The largest absolute Gasteiger partial charge is 0.492 e. The molecule has 3 rings (SSSR count). The topological polar surface area (TPSA) is 26.3 Å². The molecule has 1 aliphatic heterocycles. The number of hydrogen-bond donors (Lipinski definition) is 0. The van der Waals surface area contributed by atoms with E-state index < -0.39 is 0 Å². The Kier molecular flexibility index (Phi) is 3.09. The van der Waals surface area contributed by atoms with E-state index in [1.165, 1.54) is 0 Å². The second-order valence-corrected chi connectivity index (χ2v) is 6.77. The molecule has 0 saturated heterocycles. The van der Waals surface area contributed by atoms with E-state index in [2.05, 4.69) is 13.8 Å². The molecule has 1 saturated carbocycles. The van der Waals surface area contributed by atoms with Crippen LogP contribution in [0, 0.1) is 11.3 Å². The Morgan fingerprint density at radius 1 is 1.42 bits per heavy atom. The van der Waals surface area contributed by atoms with Crippen LogP contribution in [0.3, 0.4) is 0 Å². The second kappa shape index (κ2) is 4.52. The van der Waals surface area contributed by atoms with Gasteiger partial charge in [0.15, 0.2) is 5.78 Å². The van der Waals surface area contributed by atoms with E-state index >= 15 is 0 Å². The summed E-state index contributed by atoms with van der Waals surface area (Å²) in [7, 11) is 0. The molecule has 0 N–H and O–H groups in total. The predicted molar refractivity (Wildman–Crippen MR) is 76.1 cm³/mol. The third-order valence-corrected chi connectivity index (χ3v) is 4.81. The SMILES string of the molecule is CC1(C)CCCC1C(=O)c1cc(Cl)cc2c1OCC2. The van der Waals surface area contributed by atoms with Gasteiger partial charge in [0.25, 0.3) is 0 Å². The summed E-state index contributed by atoms with van der Waals surface area (Å²) >= 11 is 6.14. The van der Waals surface area contributed by atoms with Crippen LogP contribution in [0.4, 0.5) is 0 Å². The normalized spacial score (nSPS) is 24.1. The van der Waals surface area contributed by atoms with Crippen LogP contribution in [0.5, 0.6) is 5.75 Å². The number of carbonyl (C=O) groups is 1. The van der Waals surface area contributed by atoms with Crippen molar-refractivity contribution in [3.05, 3.63) is 28.3 Å². The van der Waals surface area contributed by atoms with Crippen molar-refractivity contribution in [2.75, 3.05) is 6.61 Å². The minimum Gasteiger partial charge on any atom is -0.492 e. The van der Waals surface area contributed by atoms with E-state index in [1.54, 1.807) is 6.07 Å². The first-order valence-electron chi connectivity index (χ1n) is 6.98.